The molecule has 1 saturated carbocycles. The van der Waals surface area contributed by atoms with Crippen LogP contribution < -0.4 is 4.90 Å². The molecule has 1 aromatic heterocycles. The molecule has 0 atom stereocenters. The molecule has 1 saturated heterocycles. The van der Waals surface area contributed by atoms with Crippen molar-refractivity contribution in [3.8, 4) is 6.07 Å². The van der Waals surface area contributed by atoms with Crippen LogP contribution in [0.4, 0.5) is 5.69 Å². The van der Waals surface area contributed by atoms with Gasteiger partial charge in [-0.1, -0.05) is 33.8 Å². The number of nitrogens with zero attached hydrogens (tertiary/aromatic N) is 3. The van der Waals surface area contributed by atoms with Crippen LogP contribution in [0.2, 0.25) is 0 Å². The molecule has 186 valence electrons. The highest BCUT2D eigenvalue weighted by atomic mass is 16.1. The second-order valence-electron chi connectivity index (χ2n) is 11.5. The van der Waals surface area contributed by atoms with Gasteiger partial charge in [0.15, 0.2) is 5.78 Å². The highest BCUT2D eigenvalue weighted by Crippen LogP contribution is 2.46. The van der Waals surface area contributed by atoms with Gasteiger partial charge in [0.2, 0.25) is 0 Å². The molecule has 1 aliphatic heterocycles. The van der Waals surface area contributed by atoms with Gasteiger partial charge in [-0.25, -0.2) is 0 Å². The fourth-order valence-electron chi connectivity index (χ4n) is 7.06. The maximum absolute atomic E-state index is 13.9. The summed E-state index contributed by atoms with van der Waals surface area (Å²) in [7, 11) is 0. The zero-order valence-electron chi connectivity index (χ0n) is 22.0. The highest BCUT2D eigenvalue weighted by Gasteiger charge is 2.43. The first kappa shape index (κ1) is 23.3. The molecule has 6 rings (SSSR count). The van der Waals surface area contributed by atoms with E-state index in [2.05, 4.69) is 60.7 Å². The van der Waals surface area contributed by atoms with Gasteiger partial charge in [-0.05, 0) is 67.5 Å². The molecule has 36 heavy (non-hydrogen) atoms. The Morgan fingerprint density at radius 2 is 1.81 bits per heavy atom. The van der Waals surface area contributed by atoms with Gasteiger partial charge in [0.1, 0.15) is 0 Å². The van der Waals surface area contributed by atoms with E-state index in [-0.39, 0.29) is 11.2 Å². The average Bonchev–Trinajstić information content (AvgIpc) is 3.27. The van der Waals surface area contributed by atoms with Crippen LogP contribution in [0.3, 0.4) is 0 Å². The molecule has 1 N–H and O–H groups in total. The minimum atomic E-state index is -0.342. The SMILES string of the molecule is CCc1cc2c(cc1N1CCN(C3(CC)CCC3)CC1)C(C)(C)c1[nH]c3cc(C#N)ccc3c1C2=O. The third kappa shape index (κ3) is 3.20. The number of piperazine rings is 1. The lowest BCUT2D eigenvalue weighted by atomic mass is 9.70. The van der Waals surface area contributed by atoms with E-state index in [0.29, 0.717) is 11.1 Å². The number of hydrogen-bond donors (Lipinski definition) is 1. The lowest BCUT2D eigenvalue weighted by Crippen LogP contribution is -2.60. The van der Waals surface area contributed by atoms with Crippen molar-refractivity contribution in [2.45, 2.75) is 70.8 Å². The molecule has 0 spiro atoms. The fourth-order valence-corrected chi connectivity index (χ4v) is 7.06. The molecule has 0 unspecified atom stereocenters. The Balaban J connectivity index is 1.39. The summed E-state index contributed by atoms with van der Waals surface area (Å²) >= 11 is 0. The summed E-state index contributed by atoms with van der Waals surface area (Å²) in [5, 5.41) is 10.3. The second kappa shape index (κ2) is 8.21. The van der Waals surface area contributed by atoms with Crippen molar-refractivity contribution >= 4 is 22.4 Å². The number of hydrogen-bond acceptors (Lipinski definition) is 4. The van der Waals surface area contributed by atoms with Crippen LogP contribution >= 0.6 is 0 Å². The Labute approximate surface area is 214 Å². The zero-order valence-corrected chi connectivity index (χ0v) is 22.0. The summed E-state index contributed by atoms with van der Waals surface area (Å²) < 4.78 is 0. The van der Waals surface area contributed by atoms with E-state index in [1.165, 1.54) is 36.9 Å². The minimum Gasteiger partial charge on any atom is -0.369 e. The van der Waals surface area contributed by atoms with Crippen LogP contribution in [-0.2, 0) is 11.8 Å². The molecule has 2 fully saturated rings. The van der Waals surface area contributed by atoms with Gasteiger partial charge in [0.05, 0.1) is 17.2 Å². The molecule has 2 heterocycles. The summed E-state index contributed by atoms with van der Waals surface area (Å²) in [6.07, 6.45) is 6.23. The van der Waals surface area contributed by atoms with Gasteiger partial charge >= 0.3 is 0 Å². The van der Waals surface area contributed by atoms with Crippen LogP contribution in [0.5, 0.6) is 0 Å². The van der Waals surface area contributed by atoms with Crippen molar-refractivity contribution in [3.05, 3.63) is 63.8 Å². The predicted octanol–water partition coefficient (Wildman–Crippen LogP) is 5.93. The van der Waals surface area contributed by atoms with Gasteiger partial charge in [-0.15, -0.1) is 0 Å². The Morgan fingerprint density at radius 1 is 1.06 bits per heavy atom. The number of nitriles is 1. The van der Waals surface area contributed by atoms with E-state index in [4.69, 9.17) is 0 Å². The maximum atomic E-state index is 13.9. The molecular weight excluding hydrogens is 444 g/mol. The molecule has 5 nitrogen and oxygen atoms in total. The number of nitrogens with one attached hydrogen (secondary N) is 1. The standard InChI is InChI=1S/C31H36N4O/c1-5-21-17-23-24(18-26(21)34-12-14-35(15-13-34)31(6-2)10-7-11-31)30(3,4)29-27(28(23)36)22-9-8-20(19-32)16-25(22)33-29/h8-9,16-18,33H,5-7,10-15H2,1-4H3. The van der Waals surface area contributed by atoms with Crippen LogP contribution in [0.15, 0.2) is 30.3 Å². The summed E-state index contributed by atoms with van der Waals surface area (Å²) in [6.45, 7) is 13.3. The van der Waals surface area contributed by atoms with Crippen molar-refractivity contribution in [2.75, 3.05) is 31.1 Å². The molecule has 3 aromatic rings. The summed E-state index contributed by atoms with van der Waals surface area (Å²) in [5.74, 6) is 0.0937. The largest absolute Gasteiger partial charge is 0.369 e. The third-order valence-corrected chi connectivity index (χ3v) is 9.53. The van der Waals surface area contributed by atoms with E-state index in [1.54, 1.807) is 6.07 Å². The fraction of sp³-hybridized carbons (Fsp3) is 0.484. The smallest absolute Gasteiger partial charge is 0.195 e. The van der Waals surface area contributed by atoms with Gasteiger partial charge in [0, 0.05) is 65.0 Å². The monoisotopic (exact) mass is 480 g/mol. The molecule has 5 heteroatoms. The summed E-state index contributed by atoms with van der Waals surface area (Å²) in [6, 6.07) is 12.3. The number of ketones is 1. The zero-order chi connectivity index (χ0) is 25.2. The number of anilines is 1. The van der Waals surface area contributed by atoms with Crippen molar-refractivity contribution in [2.24, 2.45) is 0 Å². The van der Waals surface area contributed by atoms with Crippen LogP contribution in [0.1, 0.15) is 91.7 Å². The Hall–Kier alpha value is -3.10. The number of aromatic amines is 1. The number of fused-ring (bicyclic) bond motifs is 4. The van der Waals surface area contributed by atoms with Crippen molar-refractivity contribution < 1.29 is 4.79 Å². The Bertz CT molecular complexity index is 1410. The van der Waals surface area contributed by atoms with Gasteiger partial charge in [-0.2, -0.15) is 5.26 Å². The van der Waals surface area contributed by atoms with Gasteiger partial charge < -0.3 is 9.88 Å². The molecule has 2 aliphatic carbocycles. The van der Waals surface area contributed by atoms with Crippen LogP contribution in [0.25, 0.3) is 10.9 Å². The van der Waals surface area contributed by atoms with E-state index in [0.717, 1.165) is 65.9 Å². The number of rotatable bonds is 4. The first-order valence-electron chi connectivity index (χ1n) is 13.6. The van der Waals surface area contributed by atoms with Crippen LogP contribution in [-0.4, -0.2) is 47.4 Å². The first-order valence-corrected chi connectivity index (χ1v) is 13.6. The molecular formula is C31H36N4O. The molecule has 2 aromatic carbocycles. The van der Waals surface area contributed by atoms with E-state index in [9.17, 15) is 10.1 Å². The van der Waals surface area contributed by atoms with Crippen LogP contribution in [0, 0.1) is 11.3 Å². The lowest BCUT2D eigenvalue weighted by Gasteiger charge is -2.53. The number of carbonyl (C=O) groups excluding carboxylic acids is 1. The number of aromatic nitrogens is 1. The van der Waals surface area contributed by atoms with Crippen molar-refractivity contribution in [3.63, 3.8) is 0 Å². The number of benzene rings is 2. The number of H-pyrrole nitrogens is 1. The lowest BCUT2D eigenvalue weighted by molar-refractivity contribution is 0.00833. The quantitative estimate of drug-likeness (QED) is 0.503. The van der Waals surface area contributed by atoms with Gasteiger partial charge in [-0.3, -0.25) is 9.69 Å². The Morgan fingerprint density at radius 3 is 2.42 bits per heavy atom. The number of carbonyl (C=O) groups is 1. The maximum Gasteiger partial charge on any atom is 0.195 e. The topological polar surface area (TPSA) is 63.1 Å². The minimum absolute atomic E-state index is 0.0937. The summed E-state index contributed by atoms with van der Waals surface area (Å²) in [5.41, 5.74) is 7.78. The molecule has 3 aliphatic rings. The first-order chi connectivity index (χ1) is 17.3. The van der Waals surface area contributed by atoms with Gasteiger partial charge in [0.25, 0.3) is 0 Å². The van der Waals surface area contributed by atoms with Crippen molar-refractivity contribution in [1.82, 2.24) is 9.88 Å². The average molecular weight is 481 g/mol. The molecule has 0 bridgehead atoms. The Kier molecular flexibility index (Phi) is 5.32. The van der Waals surface area contributed by atoms with E-state index >= 15 is 0 Å². The van der Waals surface area contributed by atoms with E-state index < -0.39 is 0 Å². The van der Waals surface area contributed by atoms with Crippen molar-refractivity contribution in [1.29, 1.82) is 5.26 Å². The molecule has 0 radical (unpaired) electrons. The van der Waals surface area contributed by atoms with E-state index in [1.807, 2.05) is 12.1 Å². The highest BCUT2D eigenvalue weighted by molar-refractivity contribution is 6.20. The second-order valence-corrected chi connectivity index (χ2v) is 11.5. The normalized spacial score (nSPS) is 20.5. The molecule has 0 amide bonds. The summed E-state index contributed by atoms with van der Waals surface area (Å²) in [4.78, 5) is 22.7. The third-order valence-electron chi connectivity index (χ3n) is 9.53. The predicted molar refractivity (Wildman–Crippen MR) is 145 cm³/mol. The number of aryl methyl sites for hydroxylation is 1.